The number of ether oxygens (including phenoxy) is 1. The number of carbonyl (C=O) groups excluding carboxylic acids is 1. The summed E-state index contributed by atoms with van der Waals surface area (Å²) in [5, 5.41) is 7.02. The van der Waals surface area contributed by atoms with Crippen molar-refractivity contribution in [3.05, 3.63) is 88.0 Å². The van der Waals surface area contributed by atoms with Crippen LogP contribution in [0.1, 0.15) is 32.9 Å². The van der Waals surface area contributed by atoms with Gasteiger partial charge in [0.2, 0.25) is 0 Å². The molecule has 5 nitrogen and oxygen atoms in total. The Kier molecular flexibility index (Phi) is 5.35. The Morgan fingerprint density at radius 1 is 1.10 bits per heavy atom. The summed E-state index contributed by atoms with van der Waals surface area (Å²) in [5.41, 5.74) is 2.64. The van der Waals surface area contributed by atoms with E-state index < -0.39 is 17.5 Å². The minimum absolute atomic E-state index is 0.0502. The molecular weight excluding hydrogens is 383 g/mol. The van der Waals surface area contributed by atoms with Gasteiger partial charge in [-0.25, -0.2) is 13.2 Å². The van der Waals surface area contributed by atoms with Crippen molar-refractivity contribution in [1.82, 2.24) is 15.1 Å². The third-order valence-electron chi connectivity index (χ3n) is 4.80. The van der Waals surface area contributed by atoms with Crippen LogP contribution in [0.15, 0.2) is 42.5 Å². The highest BCUT2D eigenvalue weighted by atomic mass is 19.1. The molecule has 8 heteroatoms. The highest BCUT2D eigenvalue weighted by Gasteiger charge is 2.25. The van der Waals surface area contributed by atoms with E-state index in [0.29, 0.717) is 25.1 Å². The molecule has 1 aliphatic heterocycles. The maximum Gasteiger partial charge on any atom is 0.272 e. The van der Waals surface area contributed by atoms with Crippen molar-refractivity contribution in [2.24, 2.45) is 0 Å². The van der Waals surface area contributed by atoms with Crippen LogP contribution < -0.4 is 5.32 Å². The molecule has 0 atom stereocenters. The molecule has 0 saturated heterocycles. The number of nitrogens with zero attached hydrogens (tertiary/aromatic N) is 2. The number of rotatable bonds is 5. The van der Waals surface area contributed by atoms with E-state index in [1.807, 2.05) is 0 Å². The van der Waals surface area contributed by atoms with Crippen LogP contribution in [-0.2, 0) is 30.9 Å². The molecule has 4 rings (SSSR count). The van der Waals surface area contributed by atoms with Crippen LogP contribution in [0, 0.1) is 17.5 Å². The Morgan fingerprint density at radius 3 is 2.66 bits per heavy atom. The van der Waals surface area contributed by atoms with Gasteiger partial charge in [0.05, 0.1) is 19.8 Å². The molecule has 1 aromatic heterocycles. The van der Waals surface area contributed by atoms with Crippen molar-refractivity contribution in [1.29, 1.82) is 0 Å². The largest absolute Gasteiger partial charge is 0.376 e. The second kappa shape index (κ2) is 8.08. The number of nitrogens with one attached hydrogen (secondary N) is 1. The van der Waals surface area contributed by atoms with E-state index in [1.165, 1.54) is 12.1 Å². The number of hydrogen-bond acceptors (Lipinski definition) is 3. The van der Waals surface area contributed by atoms with E-state index in [9.17, 15) is 18.0 Å². The number of fused-ring (bicyclic) bond motifs is 1. The number of carbonyl (C=O) groups is 1. The molecule has 1 N–H and O–H groups in total. The molecule has 3 aromatic rings. The van der Waals surface area contributed by atoms with Gasteiger partial charge in [0, 0.05) is 29.8 Å². The first-order valence-corrected chi connectivity index (χ1v) is 9.14. The van der Waals surface area contributed by atoms with Gasteiger partial charge < -0.3 is 10.1 Å². The van der Waals surface area contributed by atoms with Crippen molar-refractivity contribution >= 4 is 5.91 Å². The normalized spacial score (nSPS) is 13.2. The second-order valence-electron chi connectivity index (χ2n) is 6.78. The Hall–Kier alpha value is -3.13. The van der Waals surface area contributed by atoms with Crippen molar-refractivity contribution in [2.45, 2.75) is 26.1 Å². The summed E-state index contributed by atoms with van der Waals surface area (Å²) in [5.74, 6) is -1.99. The van der Waals surface area contributed by atoms with E-state index >= 15 is 0 Å². The molecule has 0 radical (unpaired) electrons. The predicted molar refractivity (Wildman–Crippen MR) is 98.6 cm³/mol. The first-order chi connectivity index (χ1) is 14.0. The van der Waals surface area contributed by atoms with E-state index in [0.717, 1.165) is 29.5 Å². The third-order valence-corrected chi connectivity index (χ3v) is 4.80. The van der Waals surface area contributed by atoms with Gasteiger partial charge in [-0.15, -0.1) is 0 Å². The van der Waals surface area contributed by atoms with Gasteiger partial charge in [0.25, 0.3) is 5.91 Å². The first kappa shape index (κ1) is 19.2. The quantitative estimate of drug-likeness (QED) is 0.714. The van der Waals surface area contributed by atoms with Crippen molar-refractivity contribution in [3.63, 3.8) is 0 Å². The summed E-state index contributed by atoms with van der Waals surface area (Å²) in [6, 6.07) is 9.15. The van der Waals surface area contributed by atoms with E-state index in [1.54, 1.807) is 16.8 Å². The average molecular weight is 401 g/mol. The Bertz CT molecular complexity index is 1050. The molecule has 2 aromatic carbocycles. The molecule has 0 aliphatic carbocycles. The zero-order chi connectivity index (χ0) is 20.4. The van der Waals surface area contributed by atoms with Crippen molar-refractivity contribution in [3.8, 4) is 0 Å². The van der Waals surface area contributed by atoms with Crippen LogP contribution in [0.5, 0.6) is 0 Å². The minimum Gasteiger partial charge on any atom is -0.376 e. The summed E-state index contributed by atoms with van der Waals surface area (Å²) < 4.78 is 47.4. The number of amides is 1. The highest BCUT2D eigenvalue weighted by Crippen LogP contribution is 2.22. The van der Waals surface area contributed by atoms with Crippen LogP contribution in [0.25, 0.3) is 0 Å². The number of benzene rings is 2. The number of aromatic nitrogens is 2. The van der Waals surface area contributed by atoms with Gasteiger partial charge in [-0.3, -0.25) is 9.48 Å². The van der Waals surface area contributed by atoms with Gasteiger partial charge in [0.1, 0.15) is 17.5 Å². The lowest BCUT2D eigenvalue weighted by Gasteiger charge is -2.15. The van der Waals surface area contributed by atoms with Gasteiger partial charge in [-0.2, -0.15) is 5.10 Å². The minimum atomic E-state index is -0.598. The predicted octanol–water partition coefficient (Wildman–Crippen LogP) is 3.35. The highest BCUT2D eigenvalue weighted by molar-refractivity contribution is 5.94. The van der Waals surface area contributed by atoms with Crippen LogP contribution in [0.4, 0.5) is 13.2 Å². The molecule has 1 amide bonds. The van der Waals surface area contributed by atoms with Crippen LogP contribution in [-0.4, -0.2) is 22.3 Å². The molecule has 1 aliphatic rings. The molecule has 0 bridgehead atoms. The SMILES string of the molecule is O=C(NCc1cc(F)ccc1F)c1nn(Cc2ccc(F)cc2)c2c1COCC2. The lowest BCUT2D eigenvalue weighted by molar-refractivity contribution is 0.0922. The Labute approximate surface area is 165 Å². The summed E-state index contributed by atoms with van der Waals surface area (Å²) in [7, 11) is 0. The molecule has 0 spiro atoms. The molecule has 0 saturated carbocycles. The first-order valence-electron chi connectivity index (χ1n) is 9.14. The molecule has 0 unspecified atom stereocenters. The molecular formula is C21H18F3N3O2. The van der Waals surface area contributed by atoms with Crippen molar-refractivity contribution in [2.75, 3.05) is 6.61 Å². The van der Waals surface area contributed by atoms with E-state index in [-0.39, 0.29) is 30.2 Å². The van der Waals surface area contributed by atoms with Gasteiger partial charge >= 0.3 is 0 Å². The fraction of sp³-hybridized carbons (Fsp3) is 0.238. The fourth-order valence-electron chi connectivity index (χ4n) is 3.32. The summed E-state index contributed by atoms with van der Waals surface area (Å²) in [4.78, 5) is 12.7. The Morgan fingerprint density at radius 2 is 1.86 bits per heavy atom. The lowest BCUT2D eigenvalue weighted by atomic mass is 10.1. The molecule has 29 heavy (non-hydrogen) atoms. The number of halogens is 3. The van der Waals surface area contributed by atoms with Crippen LogP contribution in [0.2, 0.25) is 0 Å². The van der Waals surface area contributed by atoms with E-state index in [4.69, 9.17) is 4.74 Å². The topological polar surface area (TPSA) is 56.2 Å². The second-order valence-corrected chi connectivity index (χ2v) is 6.78. The zero-order valence-electron chi connectivity index (χ0n) is 15.4. The monoisotopic (exact) mass is 401 g/mol. The maximum atomic E-state index is 13.8. The third kappa shape index (κ3) is 4.17. The van der Waals surface area contributed by atoms with Gasteiger partial charge in [-0.05, 0) is 35.9 Å². The number of hydrogen-bond donors (Lipinski definition) is 1. The molecule has 0 fully saturated rings. The molecule has 2 heterocycles. The average Bonchev–Trinajstić information content (AvgIpc) is 3.09. The van der Waals surface area contributed by atoms with Gasteiger partial charge in [0.15, 0.2) is 5.69 Å². The fourth-order valence-corrected chi connectivity index (χ4v) is 3.32. The zero-order valence-corrected chi connectivity index (χ0v) is 15.4. The summed E-state index contributed by atoms with van der Waals surface area (Å²) in [6.45, 7) is 0.977. The molecule has 150 valence electrons. The van der Waals surface area contributed by atoms with Gasteiger partial charge in [-0.1, -0.05) is 12.1 Å². The maximum absolute atomic E-state index is 13.8. The van der Waals surface area contributed by atoms with Crippen LogP contribution in [0.3, 0.4) is 0 Å². The van der Waals surface area contributed by atoms with Crippen molar-refractivity contribution < 1.29 is 22.7 Å². The summed E-state index contributed by atoms with van der Waals surface area (Å²) in [6.07, 6.45) is 0.593. The van der Waals surface area contributed by atoms with E-state index in [2.05, 4.69) is 10.4 Å². The summed E-state index contributed by atoms with van der Waals surface area (Å²) >= 11 is 0. The smallest absolute Gasteiger partial charge is 0.272 e. The van der Waals surface area contributed by atoms with Crippen LogP contribution >= 0.6 is 0 Å². The lowest BCUT2D eigenvalue weighted by Crippen LogP contribution is -2.25. The Balaban J connectivity index is 1.56. The standard InChI is InChI=1S/C21H18F3N3O2/c22-15-3-1-13(2-4-15)11-27-19-7-8-29-12-17(19)20(26-27)21(28)25-10-14-9-16(23)5-6-18(14)24/h1-6,9H,7-8,10-12H2,(H,25,28).